The van der Waals surface area contributed by atoms with Crippen molar-refractivity contribution in [1.82, 2.24) is 5.32 Å². The maximum atomic E-state index is 11.9. The van der Waals surface area contributed by atoms with Crippen LogP contribution in [-0.2, 0) is 4.79 Å². The zero-order valence-electron chi connectivity index (χ0n) is 10.5. The molecule has 1 aromatic rings. The Morgan fingerprint density at radius 2 is 2.37 bits per heavy atom. The van der Waals surface area contributed by atoms with Gasteiger partial charge in [0, 0.05) is 6.07 Å². The summed E-state index contributed by atoms with van der Waals surface area (Å²) >= 11 is 0. The molecule has 1 atom stereocenters. The van der Waals surface area contributed by atoms with Crippen molar-refractivity contribution < 1.29 is 14.5 Å². The predicted octanol–water partition coefficient (Wildman–Crippen LogP) is 1.29. The number of amides is 1. The Labute approximate surface area is 110 Å². The molecule has 19 heavy (non-hydrogen) atoms. The van der Waals surface area contributed by atoms with Crippen molar-refractivity contribution in [3.8, 4) is 5.75 Å². The molecule has 0 aromatic heterocycles. The second-order valence-corrected chi connectivity index (χ2v) is 4.28. The molecule has 102 valence electrons. The van der Waals surface area contributed by atoms with E-state index in [4.69, 9.17) is 4.74 Å². The lowest BCUT2D eigenvalue weighted by Crippen LogP contribution is -2.35. The molecule has 0 radical (unpaired) electrons. The first-order chi connectivity index (χ1) is 9.11. The zero-order valence-corrected chi connectivity index (χ0v) is 10.5. The molecule has 1 fully saturated rings. The summed E-state index contributed by atoms with van der Waals surface area (Å²) in [6, 6.07) is 3.89. The fraction of sp³-hybridized carbons (Fsp3) is 0.417. The summed E-state index contributed by atoms with van der Waals surface area (Å²) in [4.78, 5) is 22.1. The van der Waals surface area contributed by atoms with Gasteiger partial charge < -0.3 is 15.4 Å². The van der Waals surface area contributed by atoms with Gasteiger partial charge in [0.2, 0.25) is 5.91 Å². The van der Waals surface area contributed by atoms with E-state index >= 15 is 0 Å². The van der Waals surface area contributed by atoms with Crippen LogP contribution >= 0.6 is 0 Å². The second-order valence-electron chi connectivity index (χ2n) is 4.28. The van der Waals surface area contributed by atoms with Crippen molar-refractivity contribution in [2.45, 2.75) is 18.9 Å². The van der Waals surface area contributed by atoms with Crippen LogP contribution in [0, 0.1) is 10.1 Å². The van der Waals surface area contributed by atoms with E-state index in [-0.39, 0.29) is 23.4 Å². The van der Waals surface area contributed by atoms with Gasteiger partial charge in [0.1, 0.15) is 5.75 Å². The third-order valence-corrected chi connectivity index (χ3v) is 3.03. The molecule has 1 saturated heterocycles. The largest absolute Gasteiger partial charge is 0.494 e. The SMILES string of the molecule is COc1cc([N+](=O)[O-])ccc1NC(=O)[C@H]1CCCN1. The number of nitro groups is 1. The summed E-state index contributed by atoms with van der Waals surface area (Å²) in [7, 11) is 1.41. The van der Waals surface area contributed by atoms with Gasteiger partial charge in [0.15, 0.2) is 0 Å². The van der Waals surface area contributed by atoms with Crippen LogP contribution in [0.4, 0.5) is 11.4 Å². The molecule has 7 heteroatoms. The number of nitrogens with one attached hydrogen (secondary N) is 2. The lowest BCUT2D eigenvalue weighted by atomic mass is 10.2. The number of hydrogen-bond donors (Lipinski definition) is 2. The number of hydrogen-bond acceptors (Lipinski definition) is 5. The maximum Gasteiger partial charge on any atom is 0.273 e. The fourth-order valence-electron chi connectivity index (χ4n) is 2.02. The Morgan fingerprint density at radius 3 is 2.95 bits per heavy atom. The molecule has 0 spiro atoms. The number of methoxy groups -OCH3 is 1. The van der Waals surface area contributed by atoms with Crippen molar-refractivity contribution in [2.75, 3.05) is 19.0 Å². The fourth-order valence-corrected chi connectivity index (χ4v) is 2.02. The number of carbonyl (C=O) groups excluding carboxylic acids is 1. The van der Waals surface area contributed by atoms with Crippen molar-refractivity contribution in [3.05, 3.63) is 28.3 Å². The number of benzene rings is 1. The van der Waals surface area contributed by atoms with Crippen LogP contribution in [-0.4, -0.2) is 30.5 Å². The first-order valence-electron chi connectivity index (χ1n) is 5.98. The van der Waals surface area contributed by atoms with Gasteiger partial charge in [-0.3, -0.25) is 14.9 Å². The van der Waals surface area contributed by atoms with E-state index in [1.165, 1.54) is 25.3 Å². The number of non-ortho nitro benzene ring substituents is 1. The molecule has 0 aliphatic carbocycles. The van der Waals surface area contributed by atoms with E-state index < -0.39 is 4.92 Å². The number of nitro benzene ring substituents is 1. The van der Waals surface area contributed by atoms with Gasteiger partial charge >= 0.3 is 0 Å². The molecule has 2 N–H and O–H groups in total. The summed E-state index contributed by atoms with van der Waals surface area (Å²) in [5.41, 5.74) is 0.362. The number of nitrogens with zero attached hydrogens (tertiary/aromatic N) is 1. The third-order valence-electron chi connectivity index (χ3n) is 3.03. The smallest absolute Gasteiger partial charge is 0.273 e. The quantitative estimate of drug-likeness (QED) is 0.632. The van der Waals surface area contributed by atoms with E-state index in [1.54, 1.807) is 0 Å². The summed E-state index contributed by atoms with van der Waals surface area (Å²) < 4.78 is 5.06. The molecule has 1 heterocycles. The number of carbonyl (C=O) groups is 1. The Balaban J connectivity index is 2.15. The molecule has 1 aliphatic heterocycles. The molecule has 0 saturated carbocycles. The molecule has 7 nitrogen and oxygen atoms in total. The number of anilines is 1. The number of rotatable bonds is 4. The highest BCUT2D eigenvalue weighted by molar-refractivity contribution is 5.96. The van der Waals surface area contributed by atoms with Gasteiger partial charge in [0.25, 0.3) is 5.69 Å². The van der Waals surface area contributed by atoms with E-state index in [0.717, 1.165) is 19.4 Å². The highest BCUT2D eigenvalue weighted by atomic mass is 16.6. The lowest BCUT2D eigenvalue weighted by Gasteiger charge is -2.13. The second kappa shape index (κ2) is 5.66. The Morgan fingerprint density at radius 1 is 1.58 bits per heavy atom. The minimum Gasteiger partial charge on any atom is -0.494 e. The molecular weight excluding hydrogens is 250 g/mol. The van der Waals surface area contributed by atoms with Gasteiger partial charge in [-0.15, -0.1) is 0 Å². The van der Waals surface area contributed by atoms with Crippen molar-refractivity contribution in [1.29, 1.82) is 0 Å². The molecule has 0 unspecified atom stereocenters. The van der Waals surface area contributed by atoms with E-state index in [9.17, 15) is 14.9 Å². The molecule has 1 aliphatic rings. The van der Waals surface area contributed by atoms with Crippen LogP contribution in [0.3, 0.4) is 0 Å². The number of ether oxygens (including phenoxy) is 1. The minimum atomic E-state index is -0.507. The topological polar surface area (TPSA) is 93.5 Å². The normalized spacial score (nSPS) is 18.1. The summed E-state index contributed by atoms with van der Waals surface area (Å²) in [6.07, 6.45) is 1.76. The van der Waals surface area contributed by atoms with Gasteiger partial charge in [-0.25, -0.2) is 0 Å². The van der Waals surface area contributed by atoms with Crippen LogP contribution < -0.4 is 15.4 Å². The predicted molar refractivity (Wildman–Crippen MR) is 69.3 cm³/mol. The summed E-state index contributed by atoms with van der Waals surface area (Å²) in [6.45, 7) is 0.829. The van der Waals surface area contributed by atoms with Crippen LogP contribution in [0.15, 0.2) is 18.2 Å². The highest BCUT2D eigenvalue weighted by Crippen LogP contribution is 2.29. The monoisotopic (exact) mass is 265 g/mol. The van der Waals surface area contributed by atoms with Gasteiger partial charge in [-0.2, -0.15) is 0 Å². The molecule has 1 amide bonds. The average Bonchev–Trinajstić information content (AvgIpc) is 2.92. The van der Waals surface area contributed by atoms with Crippen LogP contribution in [0.25, 0.3) is 0 Å². The Kier molecular flexibility index (Phi) is 3.96. The standard InChI is InChI=1S/C12H15N3O4/c1-19-11-7-8(15(17)18)4-5-9(11)14-12(16)10-3-2-6-13-10/h4-5,7,10,13H,2-3,6H2,1H3,(H,14,16)/t10-/m1/s1. The van der Waals surface area contributed by atoms with Gasteiger partial charge in [0.05, 0.1) is 29.8 Å². The Hall–Kier alpha value is -2.15. The van der Waals surface area contributed by atoms with Gasteiger partial charge in [-0.05, 0) is 25.5 Å². The first kappa shape index (κ1) is 13.3. The van der Waals surface area contributed by atoms with Crippen LogP contribution in [0.2, 0.25) is 0 Å². The van der Waals surface area contributed by atoms with Gasteiger partial charge in [-0.1, -0.05) is 0 Å². The molecule has 2 rings (SSSR count). The highest BCUT2D eigenvalue weighted by Gasteiger charge is 2.23. The first-order valence-corrected chi connectivity index (χ1v) is 5.98. The van der Waals surface area contributed by atoms with E-state index in [2.05, 4.69) is 10.6 Å². The van der Waals surface area contributed by atoms with Crippen LogP contribution in [0.5, 0.6) is 5.75 Å². The minimum absolute atomic E-state index is 0.0751. The molecule has 0 bridgehead atoms. The molecular formula is C12H15N3O4. The van der Waals surface area contributed by atoms with E-state index in [0.29, 0.717) is 5.69 Å². The zero-order chi connectivity index (χ0) is 13.8. The Bertz CT molecular complexity index is 498. The maximum absolute atomic E-state index is 11.9. The third kappa shape index (κ3) is 3.00. The van der Waals surface area contributed by atoms with Crippen molar-refractivity contribution >= 4 is 17.3 Å². The summed E-state index contributed by atoms with van der Waals surface area (Å²) in [5, 5.41) is 16.5. The molecule has 1 aromatic carbocycles. The average molecular weight is 265 g/mol. The van der Waals surface area contributed by atoms with Crippen LogP contribution in [0.1, 0.15) is 12.8 Å². The summed E-state index contributed by atoms with van der Waals surface area (Å²) in [5.74, 6) is 0.130. The van der Waals surface area contributed by atoms with E-state index in [1.807, 2.05) is 0 Å². The van der Waals surface area contributed by atoms with Crippen molar-refractivity contribution in [3.63, 3.8) is 0 Å². The van der Waals surface area contributed by atoms with Crippen molar-refractivity contribution in [2.24, 2.45) is 0 Å². The lowest BCUT2D eigenvalue weighted by molar-refractivity contribution is -0.384.